The summed E-state index contributed by atoms with van der Waals surface area (Å²) in [6, 6.07) is 3.34. The lowest BCUT2D eigenvalue weighted by Gasteiger charge is -2.10. The van der Waals surface area contributed by atoms with Crippen LogP contribution in [0.3, 0.4) is 0 Å². The van der Waals surface area contributed by atoms with Crippen molar-refractivity contribution in [3.63, 3.8) is 0 Å². The van der Waals surface area contributed by atoms with Gasteiger partial charge in [-0.15, -0.1) is 0 Å². The standard InChI is InChI=1S/C11H11N5O3S/c1-20-10-14-5-7(19-11(17)18)9(16-10)15-8-6(12)3-2-4-13-8/h2-5H,12H2,1H3,(H,17,18)(H,13,14,15,16). The molecule has 0 radical (unpaired) electrons. The molecule has 0 saturated heterocycles. The second-order valence-corrected chi connectivity index (χ2v) is 4.28. The molecular weight excluding hydrogens is 282 g/mol. The number of hydrogen-bond acceptors (Lipinski definition) is 8. The van der Waals surface area contributed by atoms with E-state index in [-0.39, 0.29) is 11.6 Å². The van der Waals surface area contributed by atoms with E-state index < -0.39 is 6.16 Å². The average molecular weight is 293 g/mol. The number of nitrogen functional groups attached to an aromatic ring is 1. The van der Waals surface area contributed by atoms with Crippen LogP contribution in [0.2, 0.25) is 0 Å². The average Bonchev–Trinajstić information content (AvgIpc) is 2.42. The lowest BCUT2D eigenvalue weighted by atomic mass is 10.4. The minimum Gasteiger partial charge on any atom is -0.449 e. The van der Waals surface area contributed by atoms with E-state index in [1.165, 1.54) is 18.0 Å². The predicted molar refractivity (Wildman–Crippen MR) is 74.4 cm³/mol. The number of nitrogens with zero attached hydrogens (tertiary/aromatic N) is 3. The quantitative estimate of drug-likeness (QED) is 0.441. The molecule has 2 aromatic heterocycles. The van der Waals surface area contributed by atoms with Gasteiger partial charge in [-0.3, -0.25) is 0 Å². The summed E-state index contributed by atoms with van der Waals surface area (Å²) < 4.78 is 4.61. The fraction of sp³-hybridized carbons (Fsp3) is 0.0909. The summed E-state index contributed by atoms with van der Waals surface area (Å²) >= 11 is 1.31. The van der Waals surface area contributed by atoms with Gasteiger partial charge in [0.2, 0.25) is 0 Å². The van der Waals surface area contributed by atoms with Crippen molar-refractivity contribution < 1.29 is 14.6 Å². The van der Waals surface area contributed by atoms with Gasteiger partial charge in [0.1, 0.15) is 0 Å². The molecule has 8 nitrogen and oxygen atoms in total. The summed E-state index contributed by atoms with van der Waals surface area (Å²) in [6.45, 7) is 0. The van der Waals surface area contributed by atoms with Crippen molar-refractivity contribution in [2.24, 2.45) is 0 Å². The van der Waals surface area contributed by atoms with E-state index in [0.29, 0.717) is 16.7 Å². The van der Waals surface area contributed by atoms with Gasteiger partial charge in [-0.25, -0.2) is 19.7 Å². The van der Waals surface area contributed by atoms with Gasteiger partial charge < -0.3 is 20.9 Å². The molecule has 0 aliphatic heterocycles. The first kappa shape index (κ1) is 13.9. The maximum atomic E-state index is 10.6. The molecule has 0 atom stereocenters. The maximum Gasteiger partial charge on any atom is 0.511 e. The minimum absolute atomic E-state index is 0.0275. The number of carbonyl (C=O) groups is 1. The first-order chi connectivity index (χ1) is 9.60. The predicted octanol–water partition coefficient (Wildman–Crippen LogP) is 1.98. The van der Waals surface area contributed by atoms with Gasteiger partial charge >= 0.3 is 6.16 Å². The molecule has 0 bridgehead atoms. The van der Waals surface area contributed by atoms with Gasteiger partial charge in [0, 0.05) is 6.20 Å². The highest BCUT2D eigenvalue weighted by Crippen LogP contribution is 2.28. The van der Waals surface area contributed by atoms with Gasteiger partial charge in [-0.05, 0) is 18.4 Å². The van der Waals surface area contributed by atoms with Gasteiger partial charge in [0.15, 0.2) is 22.5 Å². The third kappa shape index (κ3) is 3.26. The molecule has 0 unspecified atom stereocenters. The first-order valence-electron chi connectivity index (χ1n) is 5.39. The smallest absolute Gasteiger partial charge is 0.449 e. The Labute approximate surface area is 118 Å². The Hall–Kier alpha value is -2.55. The lowest BCUT2D eigenvalue weighted by molar-refractivity contribution is 0.144. The highest BCUT2D eigenvalue weighted by atomic mass is 32.2. The van der Waals surface area contributed by atoms with Crippen LogP contribution in [0.15, 0.2) is 29.7 Å². The molecule has 0 saturated carbocycles. The summed E-state index contributed by atoms with van der Waals surface area (Å²) in [6.07, 6.45) is 3.16. The summed E-state index contributed by atoms with van der Waals surface area (Å²) in [5, 5.41) is 12.0. The molecule has 20 heavy (non-hydrogen) atoms. The largest absolute Gasteiger partial charge is 0.511 e. The van der Waals surface area contributed by atoms with E-state index in [9.17, 15) is 4.79 Å². The SMILES string of the molecule is CSc1ncc(OC(=O)O)c(Nc2ncccc2N)n1. The van der Waals surface area contributed by atoms with E-state index in [1.54, 1.807) is 24.6 Å². The van der Waals surface area contributed by atoms with E-state index in [2.05, 4.69) is 25.0 Å². The number of nitrogens with two attached hydrogens (primary N) is 1. The Morgan fingerprint density at radius 1 is 1.45 bits per heavy atom. The van der Waals surface area contributed by atoms with Crippen LogP contribution in [0.25, 0.3) is 0 Å². The third-order valence-electron chi connectivity index (χ3n) is 2.19. The normalized spacial score (nSPS) is 10.1. The minimum atomic E-state index is -1.46. The molecule has 104 valence electrons. The molecule has 0 amide bonds. The molecule has 2 heterocycles. The number of aromatic nitrogens is 3. The van der Waals surface area contributed by atoms with Crippen molar-refractivity contribution in [2.75, 3.05) is 17.3 Å². The molecule has 0 fully saturated rings. The Kier molecular flexibility index (Phi) is 4.20. The van der Waals surface area contributed by atoms with Crippen LogP contribution < -0.4 is 15.8 Å². The Morgan fingerprint density at radius 2 is 2.25 bits per heavy atom. The summed E-state index contributed by atoms with van der Waals surface area (Å²) in [7, 11) is 0. The Bertz CT molecular complexity index is 637. The molecule has 2 aromatic rings. The number of pyridine rings is 1. The number of carboxylic acid groups (broad SMARTS) is 1. The van der Waals surface area contributed by atoms with Gasteiger partial charge in [-0.1, -0.05) is 11.8 Å². The molecule has 0 aliphatic rings. The van der Waals surface area contributed by atoms with Crippen LogP contribution >= 0.6 is 11.8 Å². The summed E-state index contributed by atoms with van der Waals surface area (Å²) in [5.41, 5.74) is 6.16. The van der Waals surface area contributed by atoms with Crippen LogP contribution in [-0.2, 0) is 0 Å². The van der Waals surface area contributed by atoms with Crippen LogP contribution in [0.1, 0.15) is 0 Å². The molecule has 0 spiro atoms. The Balaban J connectivity index is 2.37. The van der Waals surface area contributed by atoms with Crippen LogP contribution in [0.5, 0.6) is 5.75 Å². The monoisotopic (exact) mass is 293 g/mol. The second kappa shape index (κ2) is 6.06. The molecule has 2 rings (SSSR count). The Morgan fingerprint density at radius 3 is 2.90 bits per heavy atom. The maximum absolute atomic E-state index is 10.6. The van der Waals surface area contributed by atoms with Crippen molar-refractivity contribution in [1.29, 1.82) is 0 Å². The number of rotatable bonds is 4. The number of hydrogen-bond donors (Lipinski definition) is 3. The van der Waals surface area contributed by atoms with Gasteiger partial charge in [-0.2, -0.15) is 0 Å². The van der Waals surface area contributed by atoms with Crippen molar-refractivity contribution in [3.05, 3.63) is 24.5 Å². The van der Waals surface area contributed by atoms with E-state index in [0.717, 1.165) is 0 Å². The lowest BCUT2D eigenvalue weighted by Crippen LogP contribution is -2.08. The number of nitrogens with one attached hydrogen (secondary N) is 1. The fourth-order valence-electron chi connectivity index (χ4n) is 1.35. The number of anilines is 3. The van der Waals surface area contributed by atoms with Gasteiger partial charge in [0.05, 0.1) is 11.9 Å². The van der Waals surface area contributed by atoms with Crippen LogP contribution in [-0.4, -0.2) is 32.5 Å². The van der Waals surface area contributed by atoms with E-state index >= 15 is 0 Å². The van der Waals surface area contributed by atoms with E-state index in [4.69, 9.17) is 10.8 Å². The topological polar surface area (TPSA) is 123 Å². The third-order valence-corrected chi connectivity index (χ3v) is 2.75. The molecular formula is C11H11N5O3S. The fourth-order valence-corrected chi connectivity index (χ4v) is 1.69. The summed E-state index contributed by atoms with van der Waals surface area (Å²) in [5.74, 6) is 0.506. The second-order valence-electron chi connectivity index (χ2n) is 3.50. The highest BCUT2D eigenvalue weighted by molar-refractivity contribution is 7.98. The van der Waals surface area contributed by atoms with Crippen molar-refractivity contribution in [2.45, 2.75) is 5.16 Å². The van der Waals surface area contributed by atoms with Crippen molar-refractivity contribution >= 4 is 35.2 Å². The zero-order chi connectivity index (χ0) is 14.5. The number of ether oxygens (including phenoxy) is 1. The first-order valence-corrected chi connectivity index (χ1v) is 6.62. The molecule has 4 N–H and O–H groups in total. The zero-order valence-corrected chi connectivity index (χ0v) is 11.2. The van der Waals surface area contributed by atoms with Crippen LogP contribution in [0.4, 0.5) is 22.1 Å². The number of thioether (sulfide) groups is 1. The summed E-state index contributed by atoms with van der Waals surface area (Å²) in [4.78, 5) is 22.8. The van der Waals surface area contributed by atoms with Crippen molar-refractivity contribution in [1.82, 2.24) is 15.0 Å². The molecule has 0 aromatic carbocycles. The van der Waals surface area contributed by atoms with E-state index in [1.807, 2.05) is 0 Å². The molecule has 0 aliphatic carbocycles. The van der Waals surface area contributed by atoms with Gasteiger partial charge in [0.25, 0.3) is 0 Å². The highest BCUT2D eigenvalue weighted by Gasteiger charge is 2.13. The zero-order valence-electron chi connectivity index (χ0n) is 10.4. The van der Waals surface area contributed by atoms with Crippen LogP contribution in [0, 0.1) is 0 Å². The van der Waals surface area contributed by atoms with Crippen molar-refractivity contribution in [3.8, 4) is 5.75 Å². The molecule has 9 heteroatoms.